The van der Waals surface area contributed by atoms with E-state index in [0.29, 0.717) is 22.4 Å². The lowest BCUT2D eigenvalue weighted by molar-refractivity contribution is -0.112. The number of benzene rings is 2. The molecule has 3 aromatic rings. The molecule has 0 saturated heterocycles. The fourth-order valence-electron chi connectivity index (χ4n) is 3.10. The largest absolute Gasteiger partial charge is 0.460 e. The van der Waals surface area contributed by atoms with Crippen LogP contribution in [0.15, 0.2) is 54.7 Å². The van der Waals surface area contributed by atoms with Crippen LogP contribution >= 0.6 is 0 Å². The number of halogens is 1. The second kappa shape index (κ2) is 7.89. The topological polar surface area (TPSA) is 77.6 Å². The Morgan fingerprint density at radius 1 is 1.21 bits per heavy atom. The molecule has 4 rings (SSSR count). The van der Waals surface area contributed by atoms with Gasteiger partial charge in [-0.25, -0.2) is 9.18 Å². The molecule has 0 spiro atoms. The number of esters is 1. The van der Waals surface area contributed by atoms with Crippen molar-refractivity contribution in [2.75, 3.05) is 0 Å². The maximum atomic E-state index is 14.0. The third kappa shape index (κ3) is 4.05. The van der Waals surface area contributed by atoms with Crippen LogP contribution in [0, 0.1) is 5.82 Å². The summed E-state index contributed by atoms with van der Waals surface area (Å²) in [6.45, 7) is 1.39. The molecule has 0 aliphatic carbocycles. The van der Waals surface area contributed by atoms with Gasteiger partial charge < -0.3 is 19.2 Å². The van der Waals surface area contributed by atoms with Crippen molar-refractivity contribution < 1.29 is 28.2 Å². The van der Waals surface area contributed by atoms with E-state index >= 15 is 0 Å². The molecule has 1 atom stereocenters. The first kappa shape index (κ1) is 18.9. The number of hydrogen-bond acceptors (Lipinski definition) is 5. The van der Waals surface area contributed by atoms with Crippen molar-refractivity contribution in [3.63, 3.8) is 0 Å². The molecule has 1 N–H and O–H groups in total. The zero-order valence-corrected chi connectivity index (χ0v) is 15.6. The van der Waals surface area contributed by atoms with E-state index in [0.717, 1.165) is 5.56 Å². The number of nitrogens with one attached hydrogen (secondary N) is 1. The molecule has 7 heteroatoms. The third-order valence-electron chi connectivity index (χ3n) is 4.56. The molecule has 1 aromatic heterocycles. The van der Waals surface area contributed by atoms with Crippen LogP contribution in [0.4, 0.5) is 4.39 Å². The number of aromatic amines is 1. The summed E-state index contributed by atoms with van der Waals surface area (Å²) >= 11 is 0. The Morgan fingerprint density at radius 3 is 2.72 bits per heavy atom. The fourth-order valence-corrected chi connectivity index (χ4v) is 3.10. The summed E-state index contributed by atoms with van der Waals surface area (Å²) in [5, 5.41) is 0. The fraction of sp³-hybridized carbons (Fsp3) is 0.182. The number of ketones is 1. The smallest absolute Gasteiger partial charge is 0.355 e. The first-order chi connectivity index (χ1) is 14.0. The molecule has 0 fully saturated rings. The van der Waals surface area contributed by atoms with Gasteiger partial charge in [-0.15, -0.1) is 0 Å². The summed E-state index contributed by atoms with van der Waals surface area (Å²) in [4.78, 5) is 26.3. The van der Waals surface area contributed by atoms with Crippen molar-refractivity contribution >= 4 is 11.8 Å². The lowest BCUT2D eigenvalue weighted by atomic mass is 10.1. The van der Waals surface area contributed by atoms with E-state index in [1.807, 2.05) is 30.3 Å². The van der Waals surface area contributed by atoms with Gasteiger partial charge in [0.1, 0.15) is 23.9 Å². The predicted molar refractivity (Wildman–Crippen MR) is 101 cm³/mol. The number of carbonyl (C=O) groups is 2. The molecule has 0 amide bonds. The van der Waals surface area contributed by atoms with Crippen molar-refractivity contribution in [1.82, 2.24) is 4.98 Å². The van der Waals surface area contributed by atoms with Gasteiger partial charge in [-0.1, -0.05) is 30.3 Å². The van der Waals surface area contributed by atoms with Crippen molar-refractivity contribution in [3.8, 4) is 5.75 Å². The number of ether oxygens (including phenoxy) is 3. The Bertz CT molecular complexity index is 1060. The van der Waals surface area contributed by atoms with E-state index in [4.69, 9.17) is 14.2 Å². The van der Waals surface area contributed by atoms with Gasteiger partial charge in [0.25, 0.3) is 0 Å². The lowest BCUT2D eigenvalue weighted by Gasteiger charge is -2.28. The highest BCUT2D eigenvalue weighted by atomic mass is 19.1. The van der Waals surface area contributed by atoms with Gasteiger partial charge in [-0.2, -0.15) is 0 Å². The predicted octanol–water partition coefficient (Wildman–Crippen LogP) is 4.32. The minimum atomic E-state index is -0.651. The Balaban J connectivity index is 1.53. The monoisotopic (exact) mass is 395 g/mol. The van der Waals surface area contributed by atoms with Crippen LogP contribution in [-0.4, -0.2) is 16.7 Å². The summed E-state index contributed by atoms with van der Waals surface area (Å²) in [6, 6.07) is 13.4. The molecular weight excluding hydrogens is 377 g/mol. The maximum absolute atomic E-state index is 14.0. The minimum Gasteiger partial charge on any atom is -0.460 e. The van der Waals surface area contributed by atoms with Gasteiger partial charge in [0.2, 0.25) is 6.29 Å². The molecular formula is C22H18FNO5. The number of H-pyrrole nitrogens is 1. The molecule has 0 radical (unpaired) electrons. The third-order valence-corrected chi connectivity index (χ3v) is 4.56. The average Bonchev–Trinajstić information content (AvgIpc) is 3.23. The van der Waals surface area contributed by atoms with Crippen LogP contribution in [0.3, 0.4) is 0 Å². The summed E-state index contributed by atoms with van der Waals surface area (Å²) < 4.78 is 31.0. The van der Waals surface area contributed by atoms with Crippen molar-refractivity contribution in [2.45, 2.75) is 26.4 Å². The van der Waals surface area contributed by atoms with Gasteiger partial charge in [-0.3, -0.25) is 4.79 Å². The zero-order chi connectivity index (χ0) is 20.4. The van der Waals surface area contributed by atoms with Crippen LogP contribution < -0.4 is 4.74 Å². The van der Waals surface area contributed by atoms with Gasteiger partial charge in [0.05, 0.1) is 6.61 Å². The molecule has 2 aromatic carbocycles. The van der Waals surface area contributed by atoms with Crippen molar-refractivity contribution in [2.24, 2.45) is 0 Å². The Labute approximate surface area is 166 Å². The molecule has 148 valence electrons. The number of fused-ring (bicyclic) bond motifs is 1. The second-order valence-corrected chi connectivity index (χ2v) is 6.66. The van der Waals surface area contributed by atoms with E-state index < -0.39 is 18.1 Å². The Morgan fingerprint density at radius 2 is 2.00 bits per heavy atom. The van der Waals surface area contributed by atoms with Crippen LogP contribution in [0.1, 0.15) is 50.8 Å². The van der Waals surface area contributed by atoms with Crippen molar-refractivity contribution in [1.29, 1.82) is 0 Å². The minimum absolute atomic E-state index is 0.145. The van der Waals surface area contributed by atoms with Gasteiger partial charge in [-0.05, 0) is 25.1 Å². The highest BCUT2D eigenvalue weighted by Crippen LogP contribution is 2.36. The molecule has 0 unspecified atom stereocenters. The standard InChI is InChI=1S/C22H18FNO5/c1-13(25)15-9-19(24-10-15)21(26)27-11-16-7-18(23)8-17-12-28-22(29-20(16)17)14-5-3-2-4-6-14/h2-10,22,24H,11-12H2,1H3/t22-/m0/s1. The first-order valence-corrected chi connectivity index (χ1v) is 9.02. The Kier molecular flexibility index (Phi) is 5.14. The molecule has 29 heavy (non-hydrogen) atoms. The average molecular weight is 395 g/mol. The SMILES string of the molecule is CC(=O)c1c[nH]c(C(=O)OCc2cc(F)cc3c2O[C@@H](c2ccccc2)OC3)c1. The number of rotatable bonds is 5. The van der Waals surface area contributed by atoms with Gasteiger partial charge in [0, 0.05) is 28.5 Å². The molecule has 0 saturated carbocycles. The normalized spacial score (nSPS) is 15.3. The maximum Gasteiger partial charge on any atom is 0.355 e. The number of carbonyl (C=O) groups excluding carboxylic acids is 2. The van der Waals surface area contributed by atoms with E-state index in [1.165, 1.54) is 31.3 Å². The van der Waals surface area contributed by atoms with Crippen LogP contribution in [0.2, 0.25) is 0 Å². The molecule has 2 heterocycles. The highest BCUT2D eigenvalue weighted by Gasteiger charge is 2.26. The first-order valence-electron chi connectivity index (χ1n) is 9.02. The van der Waals surface area contributed by atoms with E-state index in [1.54, 1.807) is 0 Å². The zero-order valence-electron chi connectivity index (χ0n) is 15.6. The van der Waals surface area contributed by atoms with Gasteiger partial charge in [0.15, 0.2) is 5.78 Å². The summed E-state index contributed by atoms with van der Waals surface area (Å²) in [6.07, 6.45) is 0.804. The van der Waals surface area contributed by atoms with Gasteiger partial charge >= 0.3 is 5.97 Å². The van der Waals surface area contributed by atoms with Crippen LogP contribution in [0.25, 0.3) is 0 Å². The van der Waals surface area contributed by atoms with E-state index in [-0.39, 0.29) is 24.7 Å². The lowest BCUT2D eigenvalue weighted by Crippen LogP contribution is -2.20. The quantitative estimate of drug-likeness (QED) is 0.514. The Hall–Kier alpha value is -3.45. The highest BCUT2D eigenvalue weighted by molar-refractivity contribution is 5.97. The number of hydrogen-bond donors (Lipinski definition) is 1. The number of Topliss-reactive ketones (excluding diaryl/α,β-unsaturated/α-hetero) is 1. The summed E-state index contributed by atoms with van der Waals surface area (Å²) in [7, 11) is 0. The van der Waals surface area contributed by atoms with E-state index in [9.17, 15) is 14.0 Å². The summed E-state index contributed by atoms with van der Waals surface area (Å²) in [5.74, 6) is -0.851. The second-order valence-electron chi connectivity index (χ2n) is 6.66. The molecule has 6 nitrogen and oxygen atoms in total. The number of aromatic nitrogens is 1. The van der Waals surface area contributed by atoms with Crippen LogP contribution in [-0.2, 0) is 22.7 Å². The van der Waals surface area contributed by atoms with Crippen molar-refractivity contribution in [3.05, 3.63) is 88.5 Å². The summed E-state index contributed by atoms with van der Waals surface area (Å²) in [5.41, 5.74) is 2.30. The molecule has 1 aliphatic heterocycles. The molecule has 1 aliphatic rings. The van der Waals surface area contributed by atoms with Crippen LogP contribution in [0.5, 0.6) is 5.75 Å². The molecule has 0 bridgehead atoms. The van der Waals surface area contributed by atoms with E-state index in [2.05, 4.69) is 4.98 Å².